The third kappa shape index (κ3) is 4.27. The summed E-state index contributed by atoms with van der Waals surface area (Å²) in [5.74, 6) is 1.70. The van der Waals surface area contributed by atoms with E-state index in [1.807, 2.05) is 0 Å². The largest absolute Gasteiger partial charge is 0.353 e. The summed E-state index contributed by atoms with van der Waals surface area (Å²) < 4.78 is 0. The van der Waals surface area contributed by atoms with Gasteiger partial charge in [-0.2, -0.15) is 0 Å². The van der Waals surface area contributed by atoms with E-state index in [-0.39, 0.29) is 11.9 Å². The standard InChI is InChI=1S/C15H28N2O/c1-2-3-11-4-8-13(9-5-11)17-15(18)10-14(16)12-6-7-12/h11-14H,2-10,16H2,1H3,(H,17,18). The minimum absolute atomic E-state index is 0.0985. The van der Waals surface area contributed by atoms with E-state index < -0.39 is 0 Å². The van der Waals surface area contributed by atoms with E-state index in [1.165, 1.54) is 38.5 Å². The fraction of sp³-hybridized carbons (Fsp3) is 0.933. The predicted molar refractivity (Wildman–Crippen MR) is 74.1 cm³/mol. The third-order valence-electron chi connectivity index (χ3n) is 4.56. The molecule has 1 atom stereocenters. The number of nitrogens with one attached hydrogen (secondary N) is 1. The number of carbonyl (C=O) groups is 1. The Kier molecular flexibility index (Phi) is 5.04. The average Bonchev–Trinajstić information content (AvgIpc) is 3.16. The van der Waals surface area contributed by atoms with Crippen LogP contribution in [0.5, 0.6) is 0 Å². The highest BCUT2D eigenvalue weighted by molar-refractivity contribution is 5.77. The maximum atomic E-state index is 11.9. The van der Waals surface area contributed by atoms with Gasteiger partial charge in [0.1, 0.15) is 0 Å². The minimum atomic E-state index is 0.0985. The molecule has 2 fully saturated rings. The summed E-state index contributed by atoms with van der Waals surface area (Å²) in [6, 6.07) is 0.512. The van der Waals surface area contributed by atoms with Crippen LogP contribution in [0.3, 0.4) is 0 Å². The van der Waals surface area contributed by atoms with Crippen LogP contribution in [0.2, 0.25) is 0 Å². The Balaban J connectivity index is 1.62. The molecular weight excluding hydrogens is 224 g/mol. The van der Waals surface area contributed by atoms with Gasteiger partial charge in [-0.3, -0.25) is 4.79 Å². The van der Waals surface area contributed by atoms with E-state index in [1.54, 1.807) is 0 Å². The fourth-order valence-electron chi connectivity index (χ4n) is 3.20. The Morgan fingerprint density at radius 1 is 1.22 bits per heavy atom. The number of nitrogens with two attached hydrogens (primary N) is 1. The highest BCUT2D eigenvalue weighted by Crippen LogP contribution is 2.33. The van der Waals surface area contributed by atoms with Crippen molar-refractivity contribution in [3.63, 3.8) is 0 Å². The van der Waals surface area contributed by atoms with Gasteiger partial charge in [-0.05, 0) is 50.4 Å². The molecule has 2 saturated carbocycles. The Labute approximate surface area is 111 Å². The summed E-state index contributed by atoms with van der Waals surface area (Å²) >= 11 is 0. The molecule has 1 unspecified atom stereocenters. The SMILES string of the molecule is CCCC1CCC(NC(=O)CC(N)C2CC2)CC1. The lowest BCUT2D eigenvalue weighted by molar-refractivity contribution is -0.122. The lowest BCUT2D eigenvalue weighted by Crippen LogP contribution is -2.40. The summed E-state index contributed by atoms with van der Waals surface area (Å²) in [6.07, 6.45) is 10.5. The van der Waals surface area contributed by atoms with Gasteiger partial charge in [0.15, 0.2) is 0 Å². The molecule has 1 amide bonds. The zero-order valence-corrected chi connectivity index (χ0v) is 11.7. The summed E-state index contributed by atoms with van der Waals surface area (Å²) in [7, 11) is 0. The maximum absolute atomic E-state index is 11.9. The van der Waals surface area contributed by atoms with Gasteiger partial charge in [-0.15, -0.1) is 0 Å². The summed E-state index contributed by atoms with van der Waals surface area (Å²) in [5.41, 5.74) is 5.99. The smallest absolute Gasteiger partial charge is 0.221 e. The second kappa shape index (κ2) is 6.55. The van der Waals surface area contributed by atoms with Crippen LogP contribution in [0.1, 0.15) is 64.7 Å². The van der Waals surface area contributed by atoms with Crippen molar-refractivity contribution in [2.24, 2.45) is 17.6 Å². The van der Waals surface area contributed by atoms with Crippen LogP contribution in [-0.2, 0) is 4.79 Å². The molecule has 0 radical (unpaired) electrons. The van der Waals surface area contributed by atoms with Gasteiger partial charge in [-0.25, -0.2) is 0 Å². The monoisotopic (exact) mass is 252 g/mol. The molecule has 2 rings (SSSR count). The lowest BCUT2D eigenvalue weighted by atomic mass is 9.83. The number of hydrogen-bond donors (Lipinski definition) is 2. The Hall–Kier alpha value is -0.570. The second-order valence-corrected chi connectivity index (χ2v) is 6.28. The van der Waals surface area contributed by atoms with Crippen molar-refractivity contribution in [3.8, 4) is 0 Å². The molecule has 3 nitrogen and oxygen atoms in total. The molecule has 2 aliphatic carbocycles. The van der Waals surface area contributed by atoms with Gasteiger partial charge in [0, 0.05) is 18.5 Å². The second-order valence-electron chi connectivity index (χ2n) is 6.28. The molecule has 0 saturated heterocycles. The van der Waals surface area contributed by atoms with Crippen LogP contribution >= 0.6 is 0 Å². The molecule has 2 aliphatic rings. The Morgan fingerprint density at radius 2 is 1.89 bits per heavy atom. The van der Waals surface area contributed by atoms with E-state index >= 15 is 0 Å². The average molecular weight is 252 g/mol. The molecule has 104 valence electrons. The molecule has 0 spiro atoms. The van der Waals surface area contributed by atoms with Crippen molar-refractivity contribution < 1.29 is 4.79 Å². The van der Waals surface area contributed by atoms with Crippen molar-refractivity contribution >= 4 is 5.91 Å². The topological polar surface area (TPSA) is 55.1 Å². The van der Waals surface area contributed by atoms with E-state index in [2.05, 4.69) is 12.2 Å². The lowest BCUT2D eigenvalue weighted by Gasteiger charge is -2.29. The number of rotatable bonds is 6. The number of hydrogen-bond acceptors (Lipinski definition) is 2. The fourth-order valence-corrected chi connectivity index (χ4v) is 3.20. The first kappa shape index (κ1) is 13.9. The zero-order valence-electron chi connectivity index (χ0n) is 11.7. The van der Waals surface area contributed by atoms with Gasteiger partial charge in [0.05, 0.1) is 0 Å². The van der Waals surface area contributed by atoms with Crippen LogP contribution in [0.15, 0.2) is 0 Å². The molecule has 0 aromatic rings. The Bertz CT molecular complexity index is 268. The van der Waals surface area contributed by atoms with Crippen LogP contribution < -0.4 is 11.1 Å². The van der Waals surface area contributed by atoms with Gasteiger partial charge in [0.2, 0.25) is 5.91 Å². The molecule has 18 heavy (non-hydrogen) atoms. The minimum Gasteiger partial charge on any atom is -0.353 e. The van der Waals surface area contributed by atoms with Gasteiger partial charge in [-0.1, -0.05) is 19.8 Å². The molecule has 3 heteroatoms. The van der Waals surface area contributed by atoms with Gasteiger partial charge >= 0.3 is 0 Å². The normalized spacial score (nSPS) is 29.9. The first-order valence-corrected chi connectivity index (χ1v) is 7.74. The molecule has 0 heterocycles. The third-order valence-corrected chi connectivity index (χ3v) is 4.56. The van der Waals surface area contributed by atoms with Crippen molar-refractivity contribution in [3.05, 3.63) is 0 Å². The van der Waals surface area contributed by atoms with Crippen molar-refractivity contribution in [1.82, 2.24) is 5.32 Å². The zero-order chi connectivity index (χ0) is 13.0. The molecular formula is C15H28N2O. The quantitative estimate of drug-likeness (QED) is 0.763. The van der Waals surface area contributed by atoms with E-state index in [4.69, 9.17) is 5.73 Å². The number of amides is 1. The van der Waals surface area contributed by atoms with Crippen LogP contribution in [0.25, 0.3) is 0 Å². The van der Waals surface area contributed by atoms with Crippen LogP contribution in [-0.4, -0.2) is 18.0 Å². The van der Waals surface area contributed by atoms with Crippen LogP contribution in [0, 0.1) is 11.8 Å². The van der Waals surface area contributed by atoms with Crippen molar-refractivity contribution in [1.29, 1.82) is 0 Å². The molecule has 0 aromatic carbocycles. The highest BCUT2D eigenvalue weighted by atomic mass is 16.1. The summed E-state index contributed by atoms with van der Waals surface area (Å²) in [4.78, 5) is 11.9. The molecule has 3 N–H and O–H groups in total. The molecule has 0 bridgehead atoms. The van der Waals surface area contributed by atoms with Gasteiger partial charge in [0.25, 0.3) is 0 Å². The van der Waals surface area contributed by atoms with Gasteiger partial charge < -0.3 is 11.1 Å². The van der Waals surface area contributed by atoms with Crippen molar-refractivity contribution in [2.75, 3.05) is 0 Å². The maximum Gasteiger partial charge on any atom is 0.221 e. The Morgan fingerprint density at radius 3 is 2.44 bits per heavy atom. The highest BCUT2D eigenvalue weighted by Gasteiger charge is 2.30. The van der Waals surface area contributed by atoms with Crippen LogP contribution in [0.4, 0.5) is 0 Å². The first-order valence-electron chi connectivity index (χ1n) is 7.74. The summed E-state index contributed by atoms with van der Waals surface area (Å²) in [5, 5.41) is 3.18. The van der Waals surface area contributed by atoms with E-state index in [0.29, 0.717) is 18.4 Å². The van der Waals surface area contributed by atoms with E-state index in [9.17, 15) is 4.79 Å². The molecule has 0 aliphatic heterocycles. The van der Waals surface area contributed by atoms with Crippen molar-refractivity contribution in [2.45, 2.75) is 76.8 Å². The molecule has 0 aromatic heterocycles. The summed E-state index contributed by atoms with van der Waals surface area (Å²) in [6.45, 7) is 2.26. The predicted octanol–water partition coefficient (Wildman–Crippen LogP) is 2.59. The number of carbonyl (C=O) groups excluding carboxylic acids is 1. The first-order chi connectivity index (χ1) is 8.69. The van der Waals surface area contributed by atoms with E-state index in [0.717, 1.165) is 18.8 Å².